The SMILES string of the molecule is CCCCCCCCCCOc1ccc(-c2cc3ccccc3c[o+]2)cc1. The number of rotatable bonds is 11. The van der Waals surface area contributed by atoms with E-state index in [1.165, 1.54) is 50.3 Å². The minimum atomic E-state index is 0.800. The molecule has 0 amide bonds. The van der Waals surface area contributed by atoms with Crippen molar-refractivity contribution in [3.63, 3.8) is 0 Å². The molecule has 0 saturated carbocycles. The Morgan fingerprint density at radius 1 is 0.741 bits per heavy atom. The molecule has 0 aliphatic carbocycles. The largest absolute Gasteiger partial charge is 0.494 e. The van der Waals surface area contributed by atoms with Crippen LogP contribution in [-0.4, -0.2) is 6.61 Å². The zero-order chi connectivity index (χ0) is 18.7. The van der Waals surface area contributed by atoms with Gasteiger partial charge in [-0.25, -0.2) is 4.42 Å². The van der Waals surface area contributed by atoms with Crippen LogP contribution in [-0.2, 0) is 0 Å². The fourth-order valence-electron chi connectivity index (χ4n) is 3.34. The lowest BCUT2D eigenvalue weighted by Crippen LogP contribution is -1.97. The zero-order valence-electron chi connectivity index (χ0n) is 16.5. The highest BCUT2D eigenvalue weighted by molar-refractivity contribution is 5.84. The third-order valence-electron chi connectivity index (χ3n) is 5.00. The fourth-order valence-corrected chi connectivity index (χ4v) is 3.34. The van der Waals surface area contributed by atoms with E-state index >= 15 is 0 Å². The predicted octanol–water partition coefficient (Wildman–Crippen LogP) is 7.90. The van der Waals surface area contributed by atoms with Gasteiger partial charge in [-0.2, -0.15) is 0 Å². The topological polar surface area (TPSA) is 20.5 Å². The van der Waals surface area contributed by atoms with Gasteiger partial charge in [0.2, 0.25) is 0 Å². The first-order valence-corrected chi connectivity index (χ1v) is 10.4. The average molecular weight is 364 g/mol. The molecule has 0 fully saturated rings. The summed E-state index contributed by atoms with van der Waals surface area (Å²) in [5.74, 6) is 1.81. The second-order valence-electron chi connectivity index (χ2n) is 7.22. The summed E-state index contributed by atoms with van der Waals surface area (Å²) in [5, 5.41) is 2.31. The zero-order valence-corrected chi connectivity index (χ0v) is 16.5. The van der Waals surface area contributed by atoms with Gasteiger partial charge in [-0.05, 0) is 42.1 Å². The van der Waals surface area contributed by atoms with Gasteiger partial charge in [0.25, 0.3) is 0 Å². The third-order valence-corrected chi connectivity index (χ3v) is 5.00. The normalized spacial score (nSPS) is 11.0. The quantitative estimate of drug-likeness (QED) is 0.255. The van der Waals surface area contributed by atoms with Gasteiger partial charge >= 0.3 is 12.0 Å². The van der Waals surface area contributed by atoms with E-state index in [1.807, 2.05) is 30.5 Å². The predicted molar refractivity (Wildman–Crippen MR) is 114 cm³/mol. The molecule has 0 saturated heterocycles. The van der Waals surface area contributed by atoms with Gasteiger partial charge in [0.05, 0.1) is 23.6 Å². The molecule has 0 aliphatic rings. The number of ether oxygens (including phenoxy) is 1. The van der Waals surface area contributed by atoms with Crippen molar-refractivity contribution in [1.82, 2.24) is 0 Å². The molecule has 0 aliphatic heterocycles. The lowest BCUT2D eigenvalue weighted by Gasteiger charge is -2.06. The van der Waals surface area contributed by atoms with E-state index in [-0.39, 0.29) is 0 Å². The van der Waals surface area contributed by atoms with Crippen LogP contribution >= 0.6 is 0 Å². The molecule has 0 N–H and O–H groups in total. The molecule has 2 nitrogen and oxygen atoms in total. The lowest BCUT2D eigenvalue weighted by atomic mass is 10.1. The van der Waals surface area contributed by atoms with Crippen molar-refractivity contribution < 1.29 is 9.15 Å². The van der Waals surface area contributed by atoms with E-state index < -0.39 is 0 Å². The average Bonchev–Trinajstić information content (AvgIpc) is 2.73. The molecular formula is C25H31O2+. The van der Waals surface area contributed by atoms with Gasteiger partial charge in [0, 0.05) is 0 Å². The Hall–Kier alpha value is -2.35. The first-order valence-electron chi connectivity index (χ1n) is 10.4. The van der Waals surface area contributed by atoms with Crippen LogP contribution in [0, 0.1) is 0 Å². The summed E-state index contributed by atoms with van der Waals surface area (Å²) in [4.78, 5) is 0. The van der Waals surface area contributed by atoms with Crippen LogP contribution in [0.15, 0.2) is 65.3 Å². The maximum absolute atomic E-state index is 5.88. The second kappa shape index (κ2) is 10.7. The van der Waals surface area contributed by atoms with E-state index in [2.05, 4.69) is 37.3 Å². The Balaban J connectivity index is 1.42. The summed E-state index contributed by atoms with van der Waals surface area (Å²) in [5.41, 5.74) is 1.07. The molecule has 142 valence electrons. The maximum atomic E-state index is 5.88. The molecule has 0 spiro atoms. The van der Waals surface area contributed by atoms with Crippen molar-refractivity contribution in [1.29, 1.82) is 0 Å². The summed E-state index contributed by atoms with van der Waals surface area (Å²) >= 11 is 0. The highest BCUT2D eigenvalue weighted by Crippen LogP contribution is 2.26. The van der Waals surface area contributed by atoms with Crippen LogP contribution in [0.4, 0.5) is 0 Å². The van der Waals surface area contributed by atoms with Crippen molar-refractivity contribution >= 4 is 10.8 Å². The standard InChI is InChI=1S/C25H31O2/c1-2-3-4-5-6-7-8-11-18-26-24-16-14-21(15-17-24)25-19-22-12-9-10-13-23(22)20-27-25/h9-10,12-17,19-20H,2-8,11,18H2,1H3/q+1. The Bertz CT molecular complexity index is 808. The van der Waals surface area contributed by atoms with E-state index in [0.717, 1.165) is 35.5 Å². The number of fused-ring (bicyclic) bond motifs is 1. The first kappa shape index (κ1) is 19.4. The Kier molecular flexibility index (Phi) is 7.70. The summed E-state index contributed by atoms with van der Waals surface area (Å²) in [6.45, 7) is 3.06. The number of hydrogen-bond acceptors (Lipinski definition) is 1. The van der Waals surface area contributed by atoms with E-state index in [9.17, 15) is 0 Å². The van der Waals surface area contributed by atoms with Gasteiger partial charge in [0.15, 0.2) is 0 Å². The molecule has 0 unspecified atom stereocenters. The van der Waals surface area contributed by atoms with E-state index in [4.69, 9.17) is 9.15 Å². The Morgan fingerprint density at radius 2 is 1.41 bits per heavy atom. The summed E-state index contributed by atoms with van der Waals surface area (Å²) in [6, 6.07) is 18.5. The lowest BCUT2D eigenvalue weighted by molar-refractivity contribution is 0.304. The molecule has 0 bridgehead atoms. The monoisotopic (exact) mass is 363 g/mol. The molecule has 0 atom stereocenters. The fraction of sp³-hybridized carbons (Fsp3) is 0.400. The second-order valence-corrected chi connectivity index (χ2v) is 7.22. The molecule has 3 rings (SSSR count). The van der Waals surface area contributed by atoms with Gasteiger partial charge in [0.1, 0.15) is 5.75 Å². The Labute approximate surface area is 163 Å². The molecule has 1 aromatic heterocycles. The highest BCUT2D eigenvalue weighted by Gasteiger charge is 2.12. The maximum Gasteiger partial charge on any atom is 0.360 e. The van der Waals surface area contributed by atoms with Crippen LogP contribution in [0.2, 0.25) is 0 Å². The van der Waals surface area contributed by atoms with Crippen molar-refractivity contribution in [2.45, 2.75) is 58.3 Å². The summed E-state index contributed by atoms with van der Waals surface area (Å²) in [6.07, 6.45) is 12.4. The van der Waals surface area contributed by atoms with Crippen LogP contribution < -0.4 is 4.74 Å². The first-order chi connectivity index (χ1) is 13.4. The number of hydrogen-bond donors (Lipinski definition) is 0. The Morgan fingerprint density at radius 3 is 2.15 bits per heavy atom. The minimum Gasteiger partial charge on any atom is -0.494 e. The number of unbranched alkanes of at least 4 members (excludes halogenated alkanes) is 7. The molecular weight excluding hydrogens is 332 g/mol. The molecule has 3 aromatic rings. The van der Waals surface area contributed by atoms with Gasteiger partial charge < -0.3 is 4.74 Å². The molecule has 2 heteroatoms. The van der Waals surface area contributed by atoms with Crippen LogP contribution in [0.1, 0.15) is 58.3 Å². The highest BCUT2D eigenvalue weighted by atomic mass is 16.5. The van der Waals surface area contributed by atoms with Crippen LogP contribution in [0.5, 0.6) is 5.75 Å². The molecule has 0 radical (unpaired) electrons. The van der Waals surface area contributed by atoms with E-state index in [0.29, 0.717) is 0 Å². The van der Waals surface area contributed by atoms with E-state index in [1.54, 1.807) is 0 Å². The van der Waals surface area contributed by atoms with Crippen molar-refractivity contribution in [3.8, 4) is 17.1 Å². The van der Waals surface area contributed by atoms with Crippen molar-refractivity contribution in [3.05, 3.63) is 60.9 Å². The van der Waals surface area contributed by atoms with Crippen molar-refractivity contribution in [2.75, 3.05) is 6.61 Å². The van der Waals surface area contributed by atoms with Crippen molar-refractivity contribution in [2.24, 2.45) is 0 Å². The van der Waals surface area contributed by atoms with Crippen LogP contribution in [0.25, 0.3) is 22.1 Å². The summed E-state index contributed by atoms with van der Waals surface area (Å²) < 4.78 is 11.7. The number of benzene rings is 2. The third kappa shape index (κ3) is 6.09. The minimum absolute atomic E-state index is 0.800. The smallest absolute Gasteiger partial charge is 0.360 e. The molecule has 2 aromatic carbocycles. The molecule has 1 heterocycles. The molecule has 27 heavy (non-hydrogen) atoms. The van der Waals surface area contributed by atoms with Gasteiger partial charge in [-0.15, -0.1) is 0 Å². The van der Waals surface area contributed by atoms with Gasteiger partial charge in [-0.1, -0.05) is 70.1 Å². The van der Waals surface area contributed by atoms with Crippen LogP contribution in [0.3, 0.4) is 0 Å². The van der Waals surface area contributed by atoms with Gasteiger partial charge in [-0.3, -0.25) is 0 Å². The summed E-state index contributed by atoms with van der Waals surface area (Å²) in [7, 11) is 0.